The number of aliphatic hydroxyl groups is 1. The summed E-state index contributed by atoms with van der Waals surface area (Å²) in [4.78, 5) is 0.892. The third-order valence-corrected chi connectivity index (χ3v) is 6.37. The van der Waals surface area contributed by atoms with Gasteiger partial charge in [-0.25, -0.2) is 0 Å². The Hall–Kier alpha value is -3.19. The number of benzene rings is 3. The third-order valence-electron chi connectivity index (χ3n) is 6.00. The highest BCUT2D eigenvalue weighted by Gasteiger charge is 2.73. The Morgan fingerprint density at radius 1 is 0.829 bits per heavy atom. The lowest BCUT2D eigenvalue weighted by atomic mass is 9.99. The van der Waals surface area contributed by atoms with Crippen molar-refractivity contribution in [3.05, 3.63) is 88.4 Å². The van der Waals surface area contributed by atoms with E-state index in [1.807, 2.05) is 6.92 Å². The fourth-order valence-electron chi connectivity index (χ4n) is 3.78. The van der Waals surface area contributed by atoms with Crippen LogP contribution in [0.1, 0.15) is 23.6 Å². The molecule has 1 N–H and O–H groups in total. The minimum absolute atomic E-state index is 0.00624. The van der Waals surface area contributed by atoms with Crippen LogP contribution in [0.15, 0.2) is 66.7 Å². The van der Waals surface area contributed by atoms with Gasteiger partial charge < -0.3 is 14.7 Å². The van der Waals surface area contributed by atoms with Gasteiger partial charge in [-0.15, -0.1) is 0 Å². The Balaban J connectivity index is 1.97. The minimum atomic E-state index is -6.57. The summed E-state index contributed by atoms with van der Waals surface area (Å²) < 4.78 is 139. The average molecular weight is 618 g/mol. The molecule has 1 atom stereocenters. The molecule has 0 fully saturated rings. The number of aryl methyl sites for hydroxylation is 1. The van der Waals surface area contributed by atoms with Crippen LogP contribution in [0.5, 0.6) is 11.5 Å². The molecule has 0 aliphatic rings. The molecule has 41 heavy (non-hydrogen) atoms. The molecule has 0 radical (unpaired) electrons. The number of nitrogens with zero attached hydrogens (tertiary/aromatic N) is 1. The van der Waals surface area contributed by atoms with Gasteiger partial charge in [0.2, 0.25) is 0 Å². The lowest BCUT2D eigenvalue weighted by Crippen LogP contribution is -2.50. The van der Waals surface area contributed by atoms with E-state index in [2.05, 4.69) is 0 Å². The molecule has 0 saturated carbocycles. The lowest BCUT2D eigenvalue weighted by molar-refractivity contribution is -0.359. The number of rotatable bonds is 10. The van der Waals surface area contributed by atoms with E-state index in [4.69, 9.17) is 16.3 Å². The molecule has 3 aromatic rings. The second kappa shape index (κ2) is 12.0. The average Bonchev–Trinajstić information content (AvgIpc) is 2.88. The maximum Gasteiger partial charge on any atom is 0.460 e. The van der Waals surface area contributed by atoms with Crippen LogP contribution in [-0.2, 0) is 18.9 Å². The highest BCUT2D eigenvalue weighted by atomic mass is 35.5. The summed E-state index contributed by atoms with van der Waals surface area (Å²) in [6.45, 7) is 0.0385. The van der Waals surface area contributed by atoms with Crippen molar-refractivity contribution >= 4 is 17.3 Å². The fourth-order valence-corrected chi connectivity index (χ4v) is 4.03. The van der Waals surface area contributed by atoms with Crippen LogP contribution in [0.2, 0.25) is 5.02 Å². The van der Waals surface area contributed by atoms with E-state index in [1.165, 1.54) is 24.3 Å². The molecule has 0 heterocycles. The first-order valence-electron chi connectivity index (χ1n) is 11.8. The van der Waals surface area contributed by atoms with Gasteiger partial charge in [0.15, 0.2) is 6.10 Å². The van der Waals surface area contributed by atoms with Gasteiger partial charge in [-0.05, 0) is 53.9 Å². The van der Waals surface area contributed by atoms with Crippen molar-refractivity contribution in [2.45, 2.75) is 50.2 Å². The monoisotopic (exact) mass is 617 g/mol. The smallest absolute Gasteiger partial charge is 0.457 e. The summed E-state index contributed by atoms with van der Waals surface area (Å²) >= 11 is 6.09. The van der Waals surface area contributed by atoms with Gasteiger partial charge in [-0.2, -0.15) is 43.9 Å². The normalized spacial score (nSPS) is 13.7. The summed E-state index contributed by atoms with van der Waals surface area (Å²) in [5.41, 5.74) is -1.28. The second-order valence-electron chi connectivity index (χ2n) is 8.99. The van der Waals surface area contributed by atoms with Gasteiger partial charge in [0.1, 0.15) is 11.5 Å². The van der Waals surface area contributed by atoms with Crippen molar-refractivity contribution in [1.82, 2.24) is 0 Å². The number of ether oxygens (including phenoxy) is 1. The van der Waals surface area contributed by atoms with Crippen molar-refractivity contribution in [2.75, 3.05) is 11.4 Å². The Kier molecular flexibility index (Phi) is 9.43. The standard InChI is InChI=1S/C27H22ClF10NO2/c1-2-17-12-21(9-10-22(17)28)41-20-8-4-7-19(13-20)39(15-23(40)25(31,32)33)14-16-5-3-6-18(11-16)24(29,30)26(34,35)27(36,37)38/h3-13,23,40H,2,14-15H2,1H3. The first-order chi connectivity index (χ1) is 18.9. The molecule has 0 aliphatic heterocycles. The zero-order valence-electron chi connectivity index (χ0n) is 21.0. The number of hydrogen-bond donors (Lipinski definition) is 1. The Morgan fingerprint density at radius 2 is 1.46 bits per heavy atom. The van der Waals surface area contributed by atoms with E-state index >= 15 is 0 Å². The van der Waals surface area contributed by atoms with E-state index in [1.54, 1.807) is 18.2 Å². The first-order valence-corrected chi connectivity index (χ1v) is 12.2. The summed E-state index contributed by atoms with van der Waals surface area (Å²) in [5, 5.41) is 10.2. The van der Waals surface area contributed by atoms with Crippen LogP contribution in [0.3, 0.4) is 0 Å². The van der Waals surface area contributed by atoms with Gasteiger partial charge in [-0.1, -0.05) is 42.8 Å². The minimum Gasteiger partial charge on any atom is -0.457 e. The van der Waals surface area contributed by atoms with Gasteiger partial charge in [0.05, 0.1) is 6.54 Å². The number of aliphatic hydroxyl groups excluding tert-OH is 1. The van der Waals surface area contributed by atoms with E-state index in [0.29, 0.717) is 29.3 Å². The molecular formula is C27H22ClF10NO2. The summed E-state index contributed by atoms with van der Waals surface area (Å²) in [6, 6.07) is 12.7. The van der Waals surface area contributed by atoms with Gasteiger partial charge in [-0.3, -0.25) is 0 Å². The van der Waals surface area contributed by atoms with E-state index in [0.717, 1.165) is 22.6 Å². The van der Waals surface area contributed by atoms with Crippen molar-refractivity contribution in [1.29, 1.82) is 0 Å². The molecule has 3 aromatic carbocycles. The molecule has 0 saturated heterocycles. The first kappa shape index (κ1) is 32.3. The van der Waals surface area contributed by atoms with Crippen LogP contribution >= 0.6 is 11.6 Å². The number of alkyl halides is 10. The maximum absolute atomic E-state index is 14.3. The van der Waals surface area contributed by atoms with Crippen molar-refractivity contribution in [3.8, 4) is 11.5 Å². The largest absolute Gasteiger partial charge is 0.460 e. The Bertz CT molecular complexity index is 1340. The highest BCUT2D eigenvalue weighted by molar-refractivity contribution is 6.31. The predicted octanol–water partition coefficient (Wildman–Crippen LogP) is 8.91. The maximum atomic E-state index is 14.3. The zero-order chi connectivity index (χ0) is 30.8. The quantitative estimate of drug-likeness (QED) is 0.231. The lowest BCUT2D eigenvalue weighted by Gasteiger charge is -2.30. The molecule has 0 bridgehead atoms. The molecule has 0 aromatic heterocycles. The third kappa shape index (κ3) is 7.37. The van der Waals surface area contributed by atoms with Crippen LogP contribution < -0.4 is 9.64 Å². The van der Waals surface area contributed by atoms with Gasteiger partial charge in [0.25, 0.3) is 0 Å². The van der Waals surface area contributed by atoms with Crippen LogP contribution in [-0.4, -0.2) is 36.0 Å². The highest BCUT2D eigenvalue weighted by Crippen LogP contribution is 2.51. The van der Waals surface area contributed by atoms with Gasteiger partial charge >= 0.3 is 24.2 Å². The second-order valence-corrected chi connectivity index (χ2v) is 9.40. The Labute approximate surface area is 232 Å². The van der Waals surface area contributed by atoms with Gasteiger partial charge in [0, 0.05) is 28.9 Å². The SMILES string of the molecule is CCc1cc(Oc2cccc(N(Cc3cccc(C(F)(F)C(F)(F)C(F)(F)F)c3)CC(O)C(F)(F)F)c2)ccc1Cl. The van der Waals surface area contributed by atoms with Crippen LogP contribution in [0.25, 0.3) is 0 Å². The molecule has 3 nitrogen and oxygen atoms in total. The van der Waals surface area contributed by atoms with Crippen molar-refractivity contribution in [2.24, 2.45) is 0 Å². The van der Waals surface area contributed by atoms with Crippen molar-refractivity contribution < 1.29 is 53.7 Å². The molecule has 3 rings (SSSR count). The molecule has 0 aliphatic carbocycles. The van der Waals surface area contributed by atoms with E-state index in [-0.39, 0.29) is 17.0 Å². The Morgan fingerprint density at radius 3 is 2.07 bits per heavy atom. The number of anilines is 1. The summed E-state index contributed by atoms with van der Waals surface area (Å²) in [6.07, 6.45) is -14.0. The van der Waals surface area contributed by atoms with Crippen LogP contribution in [0.4, 0.5) is 49.6 Å². The topological polar surface area (TPSA) is 32.7 Å². The molecule has 14 heteroatoms. The summed E-state index contributed by atoms with van der Waals surface area (Å²) in [5.74, 6) is -11.6. The number of halogens is 11. The molecule has 0 amide bonds. The van der Waals surface area contributed by atoms with Crippen molar-refractivity contribution in [3.63, 3.8) is 0 Å². The van der Waals surface area contributed by atoms with Crippen LogP contribution in [0, 0.1) is 0 Å². The predicted molar refractivity (Wildman–Crippen MR) is 132 cm³/mol. The molecule has 224 valence electrons. The molecule has 1 unspecified atom stereocenters. The molecule has 0 spiro atoms. The fraction of sp³-hybridized carbons (Fsp3) is 0.333. The molecular weight excluding hydrogens is 596 g/mol. The summed E-state index contributed by atoms with van der Waals surface area (Å²) in [7, 11) is 0. The van der Waals surface area contributed by atoms with E-state index < -0.39 is 49.0 Å². The van der Waals surface area contributed by atoms with E-state index in [9.17, 15) is 49.0 Å². The number of hydrogen-bond acceptors (Lipinski definition) is 3. The zero-order valence-corrected chi connectivity index (χ0v) is 21.8.